The standard InChI is InChI=1S/C20H26O4/c1-5-7-14-12-16-15(18(21)17(14)19(22)23)9-11-20(4,24-16)10-6-8-13(2)3/h8-9,11-12,21H,5-7,10H2,1-4H3,(H,22,23)/t20-/m0/s1. The van der Waals surface area contributed by atoms with Crippen LogP contribution in [0.1, 0.15) is 68.4 Å². The largest absolute Gasteiger partial charge is 0.506 e. The smallest absolute Gasteiger partial charge is 0.339 e. The quantitative estimate of drug-likeness (QED) is 0.724. The third-order valence-corrected chi connectivity index (χ3v) is 4.26. The van der Waals surface area contributed by atoms with Gasteiger partial charge in [-0.25, -0.2) is 4.79 Å². The highest BCUT2D eigenvalue weighted by molar-refractivity contribution is 5.95. The summed E-state index contributed by atoms with van der Waals surface area (Å²) in [6.45, 7) is 8.12. The van der Waals surface area contributed by atoms with Crippen LogP contribution in [0.25, 0.3) is 6.08 Å². The highest BCUT2D eigenvalue weighted by Crippen LogP contribution is 2.41. The predicted octanol–water partition coefficient (Wildman–Crippen LogP) is 4.95. The Morgan fingerprint density at radius 1 is 1.38 bits per heavy atom. The number of carbonyl (C=O) groups is 1. The van der Waals surface area contributed by atoms with Crippen LogP contribution >= 0.6 is 0 Å². The van der Waals surface area contributed by atoms with Gasteiger partial charge in [-0.05, 0) is 63.8 Å². The van der Waals surface area contributed by atoms with E-state index in [4.69, 9.17) is 4.74 Å². The molecule has 24 heavy (non-hydrogen) atoms. The van der Waals surface area contributed by atoms with Gasteiger partial charge in [0.05, 0.1) is 5.56 Å². The van der Waals surface area contributed by atoms with Crippen molar-refractivity contribution in [3.8, 4) is 11.5 Å². The first-order valence-electron chi connectivity index (χ1n) is 8.41. The molecule has 4 nitrogen and oxygen atoms in total. The number of rotatable bonds is 6. The van der Waals surface area contributed by atoms with Crippen molar-refractivity contribution in [3.63, 3.8) is 0 Å². The Bertz CT molecular complexity index is 696. The third-order valence-electron chi connectivity index (χ3n) is 4.26. The lowest BCUT2D eigenvalue weighted by molar-refractivity contribution is 0.0692. The summed E-state index contributed by atoms with van der Waals surface area (Å²) >= 11 is 0. The average Bonchev–Trinajstić information content (AvgIpc) is 2.46. The normalized spacial score (nSPS) is 18.7. The van der Waals surface area contributed by atoms with Crippen LogP contribution in [0.15, 0.2) is 23.8 Å². The van der Waals surface area contributed by atoms with Gasteiger partial charge >= 0.3 is 5.97 Å². The maximum absolute atomic E-state index is 11.5. The molecule has 1 aromatic rings. The number of fused-ring (bicyclic) bond motifs is 1. The van der Waals surface area contributed by atoms with Gasteiger partial charge in [-0.3, -0.25) is 0 Å². The molecule has 0 amide bonds. The number of carboxylic acid groups (broad SMARTS) is 1. The minimum absolute atomic E-state index is 0.0167. The second-order valence-corrected chi connectivity index (χ2v) is 6.79. The van der Waals surface area contributed by atoms with E-state index in [0.717, 1.165) is 19.3 Å². The summed E-state index contributed by atoms with van der Waals surface area (Å²) in [6.07, 6.45) is 8.96. The molecule has 0 bridgehead atoms. The van der Waals surface area contributed by atoms with Gasteiger partial charge < -0.3 is 14.9 Å². The zero-order chi connectivity index (χ0) is 17.9. The summed E-state index contributed by atoms with van der Waals surface area (Å²) in [4.78, 5) is 11.5. The SMILES string of the molecule is CCCc1cc2c(c(O)c1C(=O)O)C=C[C@](C)(CCC=C(C)C)O2. The Balaban J connectivity index is 2.38. The number of aromatic hydroxyl groups is 1. The Kier molecular flexibility index (Phi) is 5.37. The maximum atomic E-state index is 11.5. The summed E-state index contributed by atoms with van der Waals surface area (Å²) in [5.74, 6) is -0.752. The van der Waals surface area contributed by atoms with Crippen LogP contribution in [0.3, 0.4) is 0 Å². The van der Waals surface area contributed by atoms with Crippen LogP contribution in [-0.2, 0) is 6.42 Å². The third kappa shape index (κ3) is 3.81. The first-order chi connectivity index (χ1) is 11.3. The van der Waals surface area contributed by atoms with Crippen molar-refractivity contribution in [2.24, 2.45) is 0 Å². The molecule has 0 saturated heterocycles. The van der Waals surface area contributed by atoms with Gasteiger partial charge in [0.15, 0.2) is 0 Å². The lowest BCUT2D eigenvalue weighted by atomic mass is 9.91. The van der Waals surface area contributed by atoms with Crippen molar-refractivity contribution < 1.29 is 19.7 Å². The number of ether oxygens (including phenoxy) is 1. The monoisotopic (exact) mass is 330 g/mol. The molecule has 1 aromatic carbocycles. The number of aromatic carboxylic acids is 1. The molecule has 4 heteroatoms. The molecule has 2 rings (SSSR count). The van der Waals surface area contributed by atoms with E-state index >= 15 is 0 Å². The Hall–Kier alpha value is -2.23. The maximum Gasteiger partial charge on any atom is 0.339 e. The summed E-state index contributed by atoms with van der Waals surface area (Å²) in [5.41, 5.74) is 1.86. The number of hydrogen-bond donors (Lipinski definition) is 2. The minimum Gasteiger partial charge on any atom is -0.506 e. The highest BCUT2D eigenvalue weighted by Gasteiger charge is 2.30. The number of phenols is 1. The Morgan fingerprint density at radius 3 is 2.67 bits per heavy atom. The molecule has 1 aliphatic heterocycles. The predicted molar refractivity (Wildman–Crippen MR) is 95.8 cm³/mol. The number of aryl methyl sites for hydroxylation is 1. The fourth-order valence-electron chi connectivity index (χ4n) is 2.99. The average molecular weight is 330 g/mol. The number of allylic oxidation sites excluding steroid dienone is 2. The zero-order valence-corrected chi connectivity index (χ0v) is 14.8. The van der Waals surface area contributed by atoms with Crippen LogP contribution in [0.2, 0.25) is 0 Å². The molecule has 1 heterocycles. The topological polar surface area (TPSA) is 66.8 Å². The van der Waals surface area contributed by atoms with Gasteiger partial charge in [-0.1, -0.05) is 25.0 Å². The molecule has 0 aromatic heterocycles. The van der Waals surface area contributed by atoms with E-state index in [1.54, 1.807) is 12.1 Å². The second-order valence-electron chi connectivity index (χ2n) is 6.79. The van der Waals surface area contributed by atoms with Gasteiger partial charge in [0.1, 0.15) is 22.7 Å². The van der Waals surface area contributed by atoms with E-state index in [0.29, 0.717) is 23.3 Å². The molecule has 0 aliphatic carbocycles. The zero-order valence-electron chi connectivity index (χ0n) is 14.8. The molecule has 2 N–H and O–H groups in total. The van der Waals surface area contributed by atoms with Crippen molar-refractivity contribution in [3.05, 3.63) is 40.5 Å². The van der Waals surface area contributed by atoms with Gasteiger partial charge in [0.2, 0.25) is 0 Å². The minimum atomic E-state index is -1.11. The van der Waals surface area contributed by atoms with Crippen molar-refractivity contribution >= 4 is 12.0 Å². The van der Waals surface area contributed by atoms with E-state index < -0.39 is 11.6 Å². The van der Waals surface area contributed by atoms with Gasteiger partial charge in [-0.2, -0.15) is 0 Å². The molecular formula is C20H26O4. The van der Waals surface area contributed by atoms with Crippen LogP contribution < -0.4 is 4.74 Å². The van der Waals surface area contributed by atoms with E-state index in [9.17, 15) is 15.0 Å². The van der Waals surface area contributed by atoms with Gasteiger partial charge in [-0.15, -0.1) is 0 Å². The lowest BCUT2D eigenvalue weighted by Gasteiger charge is -2.32. The molecule has 0 unspecified atom stereocenters. The van der Waals surface area contributed by atoms with Crippen LogP contribution in [-0.4, -0.2) is 21.8 Å². The fourth-order valence-corrected chi connectivity index (χ4v) is 2.99. The molecule has 0 fully saturated rings. The molecule has 1 aliphatic rings. The molecule has 130 valence electrons. The Morgan fingerprint density at radius 2 is 2.08 bits per heavy atom. The molecule has 1 atom stereocenters. The van der Waals surface area contributed by atoms with E-state index in [-0.39, 0.29) is 11.3 Å². The van der Waals surface area contributed by atoms with Crippen LogP contribution in [0, 0.1) is 0 Å². The van der Waals surface area contributed by atoms with Crippen molar-refractivity contribution in [1.82, 2.24) is 0 Å². The fraction of sp³-hybridized carbons (Fsp3) is 0.450. The van der Waals surface area contributed by atoms with Crippen molar-refractivity contribution in [1.29, 1.82) is 0 Å². The summed E-state index contributed by atoms with van der Waals surface area (Å²) in [7, 11) is 0. The molecular weight excluding hydrogens is 304 g/mol. The lowest BCUT2D eigenvalue weighted by Crippen LogP contribution is -2.32. The summed E-state index contributed by atoms with van der Waals surface area (Å²) in [6, 6.07) is 1.77. The van der Waals surface area contributed by atoms with Gasteiger partial charge in [0, 0.05) is 0 Å². The first kappa shape index (κ1) is 18.1. The van der Waals surface area contributed by atoms with E-state index in [1.165, 1.54) is 5.57 Å². The summed E-state index contributed by atoms with van der Waals surface area (Å²) in [5, 5.41) is 19.8. The van der Waals surface area contributed by atoms with E-state index in [2.05, 4.69) is 19.9 Å². The molecule has 0 spiro atoms. The number of benzene rings is 1. The van der Waals surface area contributed by atoms with Crippen LogP contribution in [0.5, 0.6) is 11.5 Å². The van der Waals surface area contributed by atoms with Crippen LogP contribution in [0.4, 0.5) is 0 Å². The van der Waals surface area contributed by atoms with Gasteiger partial charge in [0.25, 0.3) is 0 Å². The first-order valence-corrected chi connectivity index (χ1v) is 8.41. The summed E-state index contributed by atoms with van der Waals surface area (Å²) < 4.78 is 6.13. The number of hydrogen-bond acceptors (Lipinski definition) is 3. The second kappa shape index (κ2) is 7.12. The van der Waals surface area contributed by atoms with Crippen molar-refractivity contribution in [2.75, 3.05) is 0 Å². The van der Waals surface area contributed by atoms with Crippen molar-refractivity contribution in [2.45, 2.75) is 59.0 Å². The van der Waals surface area contributed by atoms with E-state index in [1.807, 2.05) is 19.9 Å². The highest BCUT2D eigenvalue weighted by atomic mass is 16.5. The number of carboxylic acids is 1. The molecule has 0 saturated carbocycles. The molecule has 0 radical (unpaired) electrons. The Labute approximate surface area is 143 Å².